The molecule has 0 aromatic rings. The first-order valence-electron chi connectivity index (χ1n) is 6.41. The molecule has 0 nitrogen and oxygen atoms in total. The molecule has 0 bridgehead atoms. The summed E-state index contributed by atoms with van der Waals surface area (Å²) in [5.74, 6) is -9.60. The zero-order valence-corrected chi connectivity index (χ0v) is 13.3. The molecule has 0 aliphatic rings. The lowest BCUT2D eigenvalue weighted by Crippen LogP contribution is -2.87. The van der Waals surface area contributed by atoms with E-state index in [-0.39, 0.29) is 0 Å². The second-order valence-corrected chi connectivity index (χ2v) is 5.63. The lowest BCUT2D eigenvalue weighted by atomic mass is 9.59. The summed E-state index contributed by atoms with van der Waals surface area (Å²) < 4.78 is 283. The van der Waals surface area contributed by atoms with Crippen molar-refractivity contribution in [3.63, 3.8) is 0 Å². The van der Waals surface area contributed by atoms with Crippen LogP contribution in [-0.2, 0) is 0 Å². The summed E-state index contributed by atoms with van der Waals surface area (Å²) in [5.41, 5.74) is -30.0. The maximum atomic E-state index is 14.5. The van der Waals surface area contributed by atoms with Crippen LogP contribution in [0.5, 0.6) is 0 Å². The first-order chi connectivity index (χ1) is 13.2. The molecule has 0 aromatic heterocycles. The molecule has 0 fully saturated rings. The van der Waals surface area contributed by atoms with E-state index < -0.39 is 59.7 Å². The van der Waals surface area contributed by atoms with E-state index in [1.165, 1.54) is 0 Å². The molecule has 22 heteroatoms. The van der Waals surface area contributed by atoms with Gasteiger partial charge in [0.2, 0.25) is 0 Å². The van der Waals surface area contributed by atoms with Crippen LogP contribution in [-0.4, -0.2) is 54.3 Å². The molecule has 0 aliphatic carbocycles. The van der Waals surface area contributed by atoms with Crippen molar-refractivity contribution in [1.82, 2.24) is 0 Å². The summed E-state index contributed by atoms with van der Waals surface area (Å²) >= 11 is 0. The first-order valence-corrected chi connectivity index (χ1v) is 6.41. The molecule has 0 heterocycles. The SMILES string of the molecule is FC(F)(F)C(F)(F)C(F)(C(F)(C(F)(F)F)C(F)(F)F)C(C(F)(F)F)(C(F)(F)F)C(F)(F)F. The van der Waals surface area contributed by atoms with Gasteiger partial charge >= 0.3 is 48.6 Å². The van der Waals surface area contributed by atoms with Crippen LogP contribution < -0.4 is 0 Å². The van der Waals surface area contributed by atoms with E-state index in [1.54, 1.807) is 0 Å². The smallest absolute Gasteiger partial charge is 0.231 e. The highest BCUT2D eigenvalue weighted by molar-refractivity contribution is 5.29. The molecule has 0 saturated heterocycles. The summed E-state index contributed by atoms with van der Waals surface area (Å²) in [5, 5.41) is 0. The number of halogens is 22. The highest BCUT2D eigenvalue weighted by atomic mass is 19.5. The van der Waals surface area contributed by atoms with Crippen molar-refractivity contribution in [2.75, 3.05) is 0 Å². The monoisotopic (exact) mass is 538 g/mol. The Labute approximate surface area is 158 Å². The van der Waals surface area contributed by atoms with Crippen molar-refractivity contribution in [3.05, 3.63) is 0 Å². The van der Waals surface area contributed by atoms with Crippen LogP contribution in [0.1, 0.15) is 0 Å². The number of hydrogen-bond donors (Lipinski definition) is 0. The Morgan fingerprint density at radius 1 is 0.219 bits per heavy atom. The van der Waals surface area contributed by atoms with Crippen molar-refractivity contribution in [2.24, 2.45) is 5.41 Å². The molecule has 1 unspecified atom stereocenters. The predicted molar refractivity (Wildman–Crippen MR) is 51.4 cm³/mol. The summed E-state index contributed by atoms with van der Waals surface area (Å²) in [6.45, 7) is 0. The largest absolute Gasteiger partial charge is 0.456 e. The Balaban J connectivity index is 8.78. The zero-order chi connectivity index (χ0) is 27.0. The molecule has 0 amide bonds. The minimum Gasteiger partial charge on any atom is -0.231 e. The first kappa shape index (κ1) is 30.5. The van der Waals surface area contributed by atoms with Gasteiger partial charge in [0.05, 0.1) is 0 Å². The summed E-state index contributed by atoms with van der Waals surface area (Å²) in [7, 11) is 0. The van der Waals surface area contributed by atoms with Crippen molar-refractivity contribution in [1.29, 1.82) is 0 Å². The highest BCUT2D eigenvalue weighted by Crippen LogP contribution is 2.76. The van der Waals surface area contributed by atoms with E-state index in [2.05, 4.69) is 0 Å². The van der Waals surface area contributed by atoms with Gasteiger partial charge in [-0.05, 0) is 0 Å². The van der Waals surface area contributed by atoms with Crippen LogP contribution >= 0.6 is 0 Å². The van der Waals surface area contributed by atoms with E-state index >= 15 is 0 Å². The third-order valence-electron chi connectivity index (χ3n) is 3.84. The molecular formula is C10F22. The molecular weight excluding hydrogens is 538 g/mol. The minimum absolute atomic E-state index is 8.82. The molecule has 0 aromatic carbocycles. The average Bonchev–Trinajstić information content (AvgIpc) is 2.37. The third kappa shape index (κ3) is 3.40. The van der Waals surface area contributed by atoms with Gasteiger partial charge in [0.25, 0.3) is 11.1 Å². The molecule has 0 aliphatic heterocycles. The zero-order valence-electron chi connectivity index (χ0n) is 13.3. The van der Waals surface area contributed by atoms with Gasteiger partial charge in [-0.2, -0.15) is 87.8 Å². The lowest BCUT2D eigenvalue weighted by molar-refractivity contribution is -0.532. The Bertz CT molecular complexity index is 622. The van der Waals surface area contributed by atoms with Gasteiger partial charge in [-0.25, -0.2) is 8.78 Å². The van der Waals surface area contributed by atoms with Crippen LogP contribution in [0.3, 0.4) is 0 Å². The van der Waals surface area contributed by atoms with Gasteiger partial charge in [0, 0.05) is 0 Å². The van der Waals surface area contributed by atoms with Gasteiger partial charge in [0.15, 0.2) is 0 Å². The van der Waals surface area contributed by atoms with Crippen molar-refractivity contribution < 1.29 is 96.6 Å². The lowest BCUT2D eigenvalue weighted by Gasteiger charge is -2.54. The Morgan fingerprint density at radius 3 is 0.562 bits per heavy atom. The molecule has 0 spiro atoms. The number of alkyl halides is 22. The standard InChI is InChI=1S/C10F22/c11-2(4(13,14)10(30,31)32,3(12,8(24,25)26)9(27,28)29)1(5(15,16)17,6(18,19)20)7(21,22)23. The van der Waals surface area contributed by atoms with Crippen LogP contribution in [0, 0.1) is 5.41 Å². The van der Waals surface area contributed by atoms with Crippen LogP contribution in [0.4, 0.5) is 96.6 Å². The molecule has 32 heavy (non-hydrogen) atoms. The molecule has 0 N–H and O–H groups in total. The second kappa shape index (κ2) is 6.98. The van der Waals surface area contributed by atoms with Crippen molar-refractivity contribution in [2.45, 2.75) is 54.3 Å². The van der Waals surface area contributed by atoms with Crippen molar-refractivity contribution in [3.8, 4) is 0 Å². The van der Waals surface area contributed by atoms with E-state index in [0.717, 1.165) is 0 Å². The maximum Gasteiger partial charge on any atom is 0.456 e. The molecule has 194 valence electrons. The highest BCUT2D eigenvalue weighted by Gasteiger charge is 3.07. The third-order valence-corrected chi connectivity index (χ3v) is 3.84. The number of rotatable bonds is 3. The van der Waals surface area contributed by atoms with Gasteiger partial charge in [-0.3, -0.25) is 0 Å². The van der Waals surface area contributed by atoms with E-state index in [0.29, 0.717) is 0 Å². The average molecular weight is 538 g/mol. The van der Waals surface area contributed by atoms with Crippen LogP contribution in [0.25, 0.3) is 0 Å². The van der Waals surface area contributed by atoms with E-state index in [9.17, 15) is 96.6 Å². The predicted octanol–water partition coefficient (Wildman–Crippen LogP) is 7.40. The van der Waals surface area contributed by atoms with Gasteiger partial charge in [-0.1, -0.05) is 0 Å². The van der Waals surface area contributed by atoms with Crippen LogP contribution in [0.2, 0.25) is 0 Å². The van der Waals surface area contributed by atoms with Crippen LogP contribution in [0.15, 0.2) is 0 Å². The fourth-order valence-electron chi connectivity index (χ4n) is 2.52. The minimum atomic E-state index is -10.3. The summed E-state index contributed by atoms with van der Waals surface area (Å²) in [6.07, 6.45) is -54.7. The van der Waals surface area contributed by atoms with Gasteiger partial charge in [0.1, 0.15) is 0 Å². The molecule has 0 radical (unpaired) electrons. The van der Waals surface area contributed by atoms with E-state index in [4.69, 9.17) is 0 Å². The second-order valence-electron chi connectivity index (χ2n) is 5.63. The topological polar surface area (TPSA) is 0 Å². The van der Waals surface area contributed by atoms with E-state index in [1.807, 2.05) is 0 Å². The quantitative estimate of drug-likeness (QED) is 0.329. The number of hydrogen-bond acceptors (Lipinski definition) is 0. The van der Waals surface area contributed by atoms with Gasteiger partial charge < -0.3 is 0 Å². The maximum absolute atomic E-state index is 14.5. The Hall–Kier alpha value is -1.54. The molecule has 0 saturated carbocycles. The van der Waals surface area contributed by atoms with Gasteiger partial charge in [-0.15, -0.1) is 0 Å². The Morgan fingerprint density at radius 2 is 0.438 bits per heavy atom. The molecule has 1 atom stereocenters. The fourth-order valence-corrected chi connectivity index (χ4v) is 2.52. The molecule has 0 rings (SSSR count). The summed E-state index contributed by atoms with van der Waals surface area (Å²) in [6, 6.07) is 0. The summed E-state index contributed by atoms with van der Waals surface area (Å²) in [4.78, 5) is 0. The van der Waals surface area contributed by atoms with Crippen molar-refractivity contribution >= 4 is 0 Å². The Kier molecular flexibility index (Phi) is 6.65. The normalized spacial score (nSPS) is 18.6. The fraction of sp³-hybridized carbons (Fsp3) is 1.00.